The third-order valence-electron chi connectivity index (χ3n) is 2.65. The zero-order valence-electron chi connectivity index (χ0n) is 9.14. The van der Waals surface area contributed by atoms with Gasteiger partial charge >= 0.3 is 5.97 Å². The molecule has 2 aromatic heterocycles. The van der Waals surface area contributed by atoms with Crippen LogP contribution < -0.4 is 0 Å². The molecule has 90 valence electrons. The van der Waals surface area contributed by atoms with Crippen LogP contribution in [0.4, 0.5) is 0 Å². The van der Waals surface area contributed by atoms with Gasteiger partial charge in [0.1, 0.15) is 5.69 Å². The van der Waals surface area contributed by atoms with Crippen molar-refractivity contribution in [2.24, 2.45) is 0 Å². The number of carbonyl (C=O) groups is 1. The first-order valence-corrected chi connectivity index (χ1v) is 5.13. The van der Waals surface area contributed by atoms with Gasteiger partial charge in [0.25, 0.3) is 0 Å². The Kier molecular flexibility index (Phi) is 3.36. The van der Waals surface area contributed by atoms with Crippen molar-refractivity contribution in [1.82, 2.24) is 9.97 Å². The smallest absolute Gasteiger partial charge is 0.354 e. The Morgan fingerprint density at radius 2 is 1.67 bits per heavy atom. The molecule has 4 nitrogen and oxygen atoms in total. The Labute approximate surface area is 116 Å². The maximum Gasteiger partial charge on any atom is 0.354 e. The third-order valence-corrected chi connectivity index (χ3v) is 2.65. The Balaban J connectivity index is 0.00000120. The summed E-state index contributed by atoms with van der Waals surface area (Å²) in [6.45, 7) is 0. The zero-order valence-corrected chi connectivity index (χ0v) is 11.7. The number of carboxylic acids is 1. The number of aromatic carboxylic acids is 1. The van der Waals surface area contributed by atoms with Crippen LogP contribution in [0.5, 0.6) is 0 Å². The SMILES string of the molecule is O=C(O)c1ccc2ccc3cccnc3c2n1.[Os]. The summed E-state index contributed by atoms with van der Waals surface area (Å²) in [6.07, 6.45) is 1.68. The van der Waals surface area contributed by atoms with Gasteiger partial charge in [0.15, 0.2) is 0 Å². The van der Waals surface area contributed by atoms with E-state index < -0.39 is 5.97 Å². The standard InChI is InChI=1S/C13H8N2O2.Os/c16-13(17)10-6-5-9-4-3-8-2-1-7-14-11(8)12(9)15-10;/h1-7H,(H,16,17);. The molecule has 5 heteroatoms. The first-order chi connectivity index (χ1) is 8.25. The second-order valence-electron chi connectivity index (χ2n) is 3.71. The van der Waals surface area contributed by atoms with E-state index in [0.717, 1.165) is 16.3 Å². The van der Waals surface area contributed by atoms with Crippen LogP contribution in [0.1, 0.15) is 10.5 Å². The van der Waals surface area contributed by atoms with E-state index in [1.54, 1.807) is 12.3 Å². The summed E-state index contributed by atoms with van der Waals surface area (Å²) in [5, 5.41) is 10.8. The summed E-state index contributed by atoms with van der Waals surface area (Å²) in [5.41, 5.74) is 1.40. The maximum atomic E-state index is 10.9. The number of nitrogens with zero attached hydrogens (tertiary/aromatic N) is 2. The van der Waals surface area contributed by atoms with Crippen LogP contribution in [0.2, 0.25) is 0 Å². The van der Waals surface area contributed by atoms with Crippen LogP contribution in [-0.2, 0) is 19.8 Å². The van der Waals surface area contributed by atoms with Gasteiger partial charge in [-0.1, -0.05) is 24.3 Å². The van der Waals surface area contributed by atoms with Crippen LogP contribution in [0, 0.1) is 0 Å². The predicted molar refractivity (Wildman–Crippen MR) is 64.0 cm³/mol. The molecular formula is C13H8N2O2Os. The van der Waals surface area contributed by atoms with Gasteiger partial charge in [-0.2, -0.15) is 0 Å². The Morgan fingerprint density at radius 3 is 2.39 bits per heavy atom. The van der Waals surface area contributed by atoms with Gasteiger partial charge in [0.05, 0.1) is 11.0 Å². The van der Waals surface area contributed by atoms with E-state index in [-0.39, 0.29) is 25.5 Å². The maximum absolute atomic E-state index is 10.9. The van der Waals surface area contributed by atoms with Crippen molar-refractivity contribution in [3.8, 4) is 0 Å². The Hall–Kier alpha value is -1.85. The van der Waals surface area contributed by atoms with Crippen LogP contribution in [0.25, 0.3) is 21.8 Å². The second-order valence-corrected chi connectivity index (χ2v) is 3.71. The molecule has 0 aliphatic rings. The number of hydrogen-bond donors (Lipinski definition) is 1. The number of pyridine rings is 2. The molecule has 0 atom stereocenters. The quantitative estimate of drug-likeness (QED) is 0.622. The summed E-state index contributed by atoms with van der Waals surface area (Å²) in [4.78, 5) is 19.3. The summed E-state index contributed by atoms with van der Waals surface area (Å²) >= 11 is 0. The van der Waals surface area contributed by atoms with Crippen LogP contribution in [-0.4, -0.2) is 21.0 Å². The molecule has 0 radical (unpaired) electrons. The summed E-state index contributed by atoms with van der Waals surface area (Å²) in [5.74, 6) is -1.03. The van der Waals surface area contributed by atoms with Gasteiger partial charge in [-0.25, -0.2) is 9.78 Å². The minimum absolute atomic E-state index is 0. The van der Waals surface area contributed by atoms with E-state index in [9.17, 15) is 4.79 Å². The predicted octanol–water partition coefficient (Wildman–Crippen LogP) is 2.48. The molecule has 0 bridgehead atoms. The van der Waals surface area contributed by atoms with Crippen molar-refractivity contribution in [2.75, 3.05) is 0 Å². The minimum Gasteiger partial charge on any atom is -0.477 e. The van der Waals surface area contributed by atoms with Gasteiger partial charge in [0, 0.05) is 36.8 Å². The topological polar surface area (TPSA) is 63.1 Å². The fourth-order valence-corrected chi connectivity index (χ4v) is 1.84. The molecule has 3 aromatic rings. The molecule has 0 fully saturated rings. The van der Waals surface area contributed by atoms with Gasteiger partial charge in [-0.05, 0) is 12.1 Å². The molecule has 0 amide bonds. The normalized spacial score (nSPS) is 10.2. The van der Waals surface area contributed by atoms with Crippen molar-refractivity contribution < 1.29 is 29.7 Å². The molecule has 1 N–H and O–H groups in total. The van der Waals surface area contributed by atoms with Crippen molar-refractivity contribution >= 4 is 27.8 Å². The van der Waals surface area contributed by atoms with Crippen LogP contribution >= 0.6 is 0 Å². The van der Waals surface area contributed by atoms with Crippen LogP contribution in [0.3, 0.4) is 0 Å². The first kappa shape index (κ1) is 12.6. The number of hydrogen-bond acceptors (Lipinski definition) is 3. The molecule has 0 unspecified atom stereocenters. The van der Waals surface area contributed by atoms with Crippen LogP contribution in [0.15, 0.2) is 42.6 Å². The average Bonchev–Trinajstić information content (AvgIpc) is 2.38. The molecule has 2 heterocycles. The average molecular weight is 414 g/mol. The zero-order chi connectivity index (χ0) is 11.8. The summed E-state index contributed by atoms with van der Waals surface area (Å²) in [7, 11) is 0. The van der Waals surface area contributed by atoms with Crippen molar-refractivity contribution in [2.45, 2.75) is 0 Å². The molecule has 0 spiro atoms. The van der Waals surface area contributed by atoms with Gasteiger partial charge in [-0.3, -0.25) is 4.98 Å². The number of carboxylic acid groups (broad SMARTS) is 1. The molecule has 0 saturated carbocycles. The molecule has 3 rings (SSSR count). The van der Waals surface area contributed by atoms with E-state index >= 15 is 0 Å². The van der Waals surface area contributed by atoms with Gasteiger partial charge < -0.3 is 5.11 Å². The number of fused-ring (bicyclic) bond motifs is 3. The largest absolute Gasteiger partial charge is 0.477 e. The summed E-state index contributed by atoms with van der Waals surface area (Å²) < 4.78 is 0. The van der Waals surface area contributed by atoms with E-state index in [1.807, 2.05) is 24.3 Å². The summed E-state index contributed by atoms with van der Waals surface area (Å²) in [6, 6.07) is 10.9. The second kappa shape index (κ2) is 4.79. The molecule has 0 saturated heterocycles. The molecule has 0 aliphatic heterocycles. The molecule has 0 aliphatic carbocycles. The first-order valence-electron chi connectivity index (χ1n) is 5.13. The molecule has 18 heavy (non-hydrogen) atoms. The fraction of sp³-hybridized carbons (Fsp3) is 0. The van der Waals surface area contributed by atoms with E-state index in [1.165, 1.54) is 6.07 Å². The van der Waals surface area contributed by atoms with E-state index in [4.69, 9.17) is 5.11 Å². The molecular weight excluding hydrogens is 406 g/mol. The van der Waals surface area contributed by atoms with Gasteiger partial charge in [0.2, 0.25) is 0 Å². The Morgan fingerprint density at radius 1 is 1.00 bits per heavy atom. The number of rotatable bonds is 1. The third kappa shape index (κ3) is 1.98. The minimum atomic E-state index is -1.03. The van der Waals surface area contributed by atoms with Gasteiger partial charge in [-0.15, -0.1) is 0 Å². The number of aromatic nitrogens is 2. The van der Waals surface area contributed by atoms with Crippen molar-refractivity contribution in [1.29, 1.82) is 0 Å². The van der Waals surface area contributed by atoms with Crippen molar-refractivity contribution in [3.05, 3.63) is 48.3 Å². The van der Waals surface area contributed by atoms with E-state index in [0.29, 0.717) is 5.52 Å². The van der Waals surface area contributed by atoms with E-state index in [2.05, 4.69) is 9.97 Å². The fourth-order valence-electron chi connectivity index (χ4n) is 1.84. The number of benzene rings is 1. The molecule has 1 aromatic carbocycles. The Bertz CT molecular complexity index is 743. The monoisotopic (exact) mass is 416 g/mol. The van der Waals surface area contributed by atoms with Crippen molar-refractivity contribution in [3.63, 3.8) is 0 Å².